The van der Waals surface area contributed by atoms with Gasteiger partial charge in [0.1, 0.15) is 5.82 Å². The van der Waals surface area contributed by atoms with Crippen LogP contribution in [-0.4, -0.2) is 20.6 Å². The Balaban J connectivity index is 2.08. The Morgan fingerprint density at radius 2 is 2.25 bits per heavy atom. The molecular weight excluding hydrogens is 252 g/mol. The largest absolute Gasteiger partial charge is 0.478 e. The number of aromatic carboxylic acids is 1. The monoisotopic (exact) mass is 272 g/mol. The molecule has 1 fully saturated rings. The first-order valence-electron chi connectivity index (χ1n) is 7.42. The Labute approximate surface area is 118 Å². The number of benzene rings is 1. The normalized spacial score (nSPS) is 14.8. The molecule has 0 radical (unpaired) electrons. The maximum atomic E-state index is 11.4. The molecule has 4 heteroatoms. The number of rotatable bonds is 6. The maximum Gasteiger partial charge on any atom is 0.337 e. The lowest BCUT2D eigenvalue weighted by atomic mass is 10.1. The number of carbonyl (C=O) groups is 1. The van der Waals surface area contributed by atoms with E-state index in [1.165, 1.54) is 12.8 Å². The van der Waals surface area contributed by atoms with Crippen molar-refractivity contribution >= 4 is 17.0 Å². The van der Waals surface area contributed by atoms with E-state index in [1.807, 2.05) is 6.07 Å². The molecule has 3 rings (SSSR count). The summed E-state index contributed by atoms with van der Waals surface area (Å²) in [5.74, 6) is 0.988. The average Bonchev–Trinajstić information content (AvgIpc) is 3.18. The van der Waals surface area contributed by atoms with Crippen LogP contribution in [0.15, 0.2) is 18.2 Å². The molecule has 1 aliphatic carbocycles. The number of nitrogens with zero attached hydrogens (tertiary/aromatic N) is 2. The highest BCUT2D eigenvalue weighted by atomic mass is 16.4. The van der Waals surface area contributed by atoms with Crippen molar-refractivity contribution in [1.29, 1.82) is 0 Å². The molecule has 0 unspecified atom stereocenters. The van der Waals surface area contributed by atoms with Crippen LogP contribution in [-0.2, 0) is 13.0 Å². The summed E-state index contributed by atoms with van der Waals surface area (Å²) in [6.07, 6.45) is 5.70. The Kier molecular flexibility index (Phi) is 3.47. The topological polar surface area (TPSA) is 55.1 Å². The summed E-state index contributed by atoms with van der Waals surface area (Å²) in [5.41, 5.74) is 1.97. The van der Waals surface area contributed by atoms with E-state index < -0.39 is 5.97 Å². The fourth-order valence-corrected chi connectivity index (χ4v) is 2.78. The lowest BCUT2D eigenvalue weighted by molar-refractivity contribution is 0.0698. The fraction of sp³-hybridized carbons (Fsp3) is 0.500. The van der Waals surface area contributed by atoms with Crippen molar-refractivity contribution in [3.63, 3.8) is 0 Å². The second-order valence-corrected chi connectivity index (χ2v) is 5.64. The van der Waals surface area contributed by atoms with E-state index >= 15 is 0 Å². The standard InChI is InChI=1S/C16H20N2O2/c1-2-4-14-17-13-6-3-5-12(16(19)20)15(13)18(14)10-9-11-7-8-11/h3,5-6,11H,2,4,7-10H2,1H3,(H,19,20). The second-order valence-electron chi connectivity index (χ2n) is 5.64. The third kappa shape index (κ3) is 2.42. The van der Waals surface area contributed by atoms with Crippen LogP contribution < -0.4 is 0 Å². The second kappa shape index (κ2) is 5.27. The van der Waals surface area contributed by atoms with Gasteiger partial charge in [-0.1, -0.05) is 25.8 Å². The van der Waals surface area contributed by atoms with Gasteiger partial charge >= 0.3 is 5.97 Å². The molecular formula is C16H20N2O2. The highest BCUT2D eigenvalue weighted by Crippen LogP contribution is 2.33. The summed E-state index contributed by atoms with van der Waals surface area (Å²) >= 11 is 0. The van der Waals surface area contributed by atoms with Gasteiger partial charge in [0, 0.05) is 13.0 Å². The van der Waals surface area contributed by atoms with E-state index in [0.29, 0.717) is 5.56 Å². The Morgan fingerprint density at radius 1 is 1.45 bits per heavy atom. The Bertz CT molecular complexity index is 641. The van der Waals surface area contributed by atoms with E-state index in [-0.39, 0.29) is 0 Å². The Morgan fingerprint density at radius 3 is 2.90 bits per heavy atom. The molecule has 0 spiro atoms. The summed E-state index contributed by atoms with van der Waals surface area (Å²) < 4.78 is 2.14. The van der Waals surface area contributed by atoms with Crippen molar-refractivity contribution in [2.75, 3.05) is 0 Å². The molecule has 1 saturated carbocycles. The number of aryl methyl sites for hydroxylation is 2. The van der Waals surface area contributed by atoms with Crippen LogP contribution in [0.5, 0.6) is 0 Å². The summed E-state index contributed by atoms with van der Waals surface area (Å²) in [5, 5.41) is 9.40. The first-order valence-corrected chi connectivity index (χ1v) is 7.42. The predicted molar refractivity (Wildman–Crippen MR) is 78.0 cm³/mol. The van der Waals surface area contributed by atoms with E-state index in [0.717, 1.165) is 48.6 Å². The molecule has 1 N–H and O–H groups in total. The van der Waals surface area contributed by atoms with Gasteiger partial charge in [0.25, 0.3) is 0 Å². The van der Waals surface area contributed by atoms with Crippen LogP contribution in [0.1, 0.15) is 48.8 Å². The Hall–Kier alpha value is -1.84. The summed E-state index contributed by atoms with van der Waals surface area (Å²) in [6.45, 7) is 3.02. The molecule has 1 aromatic carbocycles. The lowest BCUT2D eigenvalue weighted by Gasteiger charge is -2.09. The van der Waals surface area contributed by atoms with Gasteiger partial charge in [0.15, 0.2) is 0 Å². The van der Waals surface area contributed by atoms with Gasteiger partial charge in [0.2, 0.25) is 0 Å². The molecule has 0 saturated heterocycles. The molecule has 106 valence electrons. The first-order chi connectivity index (χ1) is 9.70. The molecule has 1 aromatic heterocycles. The molecule has 20 heavy (non-hydrogen) atoms. The molecule has 4 nitrogen and oxygen atoms in total. The summed E-state index contributed by atoms with van der Waals surface area (Å²) in [4.78, 5) is 16.1. The summed E-state index contributed by atoms with van der Waals surface area (Å²) in [7, 11) is 0. The first kappa shape index (κ1) is 13.2. The van der Waals surface area contributed by atoms with Crippen LogP contribution >= 0.6 is 0 Å². The zero-order chi connectivity index (χ0) is 14.1. The van der Waals surface area contributed by atoms with Gasteiger partial charge in [0.05, 0.1) is 16.6 Å². The van der Waals surface area contributed by atoms with Crippen LogP contribution in [0.25, 0.3) is 11.0 Å². The molecule has 0 aliphatic heterocycles. The minimum Gasteiger partial charge on any atom is -0.478 e. The quantitative estimate of drug-likeness (QED) is 0.875. The van der Waals surface area contributed by atoms with Gasteiger partial charge in [-0.05, 0) is 30.9 Å². The zero-order valence-electron chi connectivity index (χ0n) is 11.8. The van der Waals surface area contributed by atoms with Gasteiger partial charge in [-0.15, -0.1) is 0 Å². The number of imidazole rings is 1. The van der Waals surface area contributed by atoms with Gasteiger partial charge in [-0.2, -0.15) is 0 Å². The molecule has 0 atom stereocenters. The van der Waals surface area contributed by atoms with Crippen molar-refractivity contribution < 1.29 is 9.90 Å². The third-order valence-corrected chi connectivity index (χ3v) is 4.01. The van der Waals surface area contributed by atoms with Crippen molar-refractivity contribution in [3.8, 4) is 0 Å². The minimum absolute atomic E-state index is 0.369. The SMILES string of the molecule is CCCc1nc2cccc(C(=O)O)c2n1CCC1CC1. The maximum absolute atomic E-state index is 11.4. The molecule has 1 heterocycles. The third-order valence-electron chi connectivity index (χ3n) is 4.01. The number of hydrogen-bond acceptors (Lipinski definition) is 2. The zero-order valence-corrected chi connectivity index (χ0v) is 11.8. The van der Waals surface area contributed by atoms with Crippen molar-refractivity contribution in [2.24, 2.45) is 5.92 Å². The van der Waals surface area contributed by atoms with Crippen LogP contribution in [0, 0.1) is 5.92 Å². The smallest absolute Gasteiger partial charge is 0.337 e. The van der Waals surface area contributed by atoms with Crippen molar-refractivity contribution in [3.05, 3.63) is 29.6 Å². The van der Waals surface area contributed by atoms with E-state index in [1.54, 1.807) is 12.1 Å². The molecule has 0 amide bonds. The number of carboxylic acid groups (broad SMARTS) is 1. The molecule has 1 aliphatic rings. The highest BCUT2D eigenvalue weighted by molar-refractivity contribution is 6.01. The van der Waals surface area contributed by atoms with Gasteiger partial charge in [-0.25, -0.2) is 9.78 Å². The number of para-hydroxylation sites is 1. The van der Waals surface area contributed by atoms with Crippen molar-refractivity contribution in [2.45, 2.75) is 45.6 Å². The minimum atomic E-state index is -0.869. The van der Waals surface area contributed by atoms with Crippen LogP contribution in [0.3, 0.4) is 0 Å². The fourth-order valence-electron chi connectivity index (χ4n) is 2.78. The lowest BCUT2D eigenvalue weighted by Crippen LogP contribution is -2.08. The van der Waals surface area contributed by atoms with E-state index in [4.69, 9.17) is 0 Å². The highest BCUT2D eigenvalue weighted by Gasteiger charge is 2.23. The van der Waals surface area contributed by atoms with E-state index in [2.05, 4.69) is 16.5 Å². The van der Waals surface area contributed by atoms with Gasteiger partial charge in [-0.3, -0.25) is 0 Å². The number of carboxylic acids is 1. The van der Waals surface area contributed by atoms with E-state index in [9.17, 15) is 9.90 Å². The molecule has 0 bridgehead atoms. The van der Waals surface area contributed by atoms with Crippen molar-refractivity contribution in [1.82, 2.24) is 9.55 Å². The number of hydrogen-bond donors (Lipinski definition) is 1. The summed E-state index contributed by atoms with van der Waals surface area (Å²) in [6, 6.07) is 5.37. The van der Waals surface area contributed by atoms with Gasteiger partial charge < -0.3 is 9.67 Å². The number of fused-ring (bicyclic) bond motifs is 1. The average molecular weight is 272 g/mol. The number of aromatic nitrogens is 2. The molecule has 2 aromatic rings. The van der Waals surface area contributed by atoms with Crippen LogP contribution in [0.2, 0.25) is 0 Å². The van der Waals surface area contributed by atoms with Crippen LogP contribution in [0.4, 0.5) is 0 Å². The predicted octanol–water partition coefficient (Wildman–Crippen LogP) is 3.49.